The number of ether oxygens (including phenoxy) is 1. The van der Waals surface area contributed by atoms with Crippen molar-refractivity contribution in [2.75, 3.05) is 39.8 Å². The van der Waals surface area contributed by atoms with E-state index in [1.807, 2.05) is 23.1 Å². The minimum Gasteiger partial charge on any atom is -0.496 e. The van der Waals surface area contributed by atoms with E-state index < -0.39 is 0 Å². The predicted molar refractivity (Wildman–Crippen MR) is 113 cm³/mol. The summed E-state index contributed by atoms with van der Waals surface area (Å²) in [6.45, 7) is 4.16. The van der Waals surface area contributed by atoms with Crippen LogP contribution in [0.2, 0.25) is 5.02 Å². The molecule has 0 atom stereocenters. The predicted octanol–water partition coefficient (Wildman–Crippen LogP) is 2.81. The number of halogens is 1. The number of hydrogen-bond donors (Lipinski definition) is 1. The zero-order valence-corrected chi connectivity index (χ0v) is 17.3. The first-order valence-electron chi connectivity index (χ1n) is 9.72. The van der Waals surface area contributed by atoms with Crippen molar-refractivity contribution in [1.29, 1.82) is 0 Å². The molecule has 1 saturated heterocycles. The Morgan fingerprint density at radius 3 is 2.41 bits per heavy atom. The second-order valence-corrected chi connectivity index (χ2v) is 7.42. The highest BCUT2D eigenvalue weighted by molar-refractivity contribution is 6.30. The van der Waals surface area contributed by atoms with E-state index in [9.17, 15) is 9.59 Å². The van der Waals surface area contributed by atoms with Gasteiger partial charge in [0.05, 0.1) is 7.11 Å². The van der Waals surface area contributed by atoms with E-state index in [1.165, 1.54) is 0 Å². The number of hydrogen-bond acceptors (Lipinski definition) is 4. The largest absolute Gasteiger partial charge is 0.496 e. The number of nitrogens with zero attached hydrogens (tertiary/aromatic N) is 2. The van der Waals surface area contributed by atoms with E-state index in [0.717, 1.165) is 30.9 Å². The van der Waals surface area contributed by atoms with Crippen molar-refractivity contribution >= 4 is 23.4 Å². The van der Waals surface area contributed by atoms with Gasteiger partial charge in [0.1, 0.15) is 5.75 Å². The third kappa shape index (κ3) is 5.95. The van der Waals surface area contributed by atoms with Crippen LogP contribution in [0.1, 0.15) is 22.3 Å². The minimum atomic E-state index is -0.198. The van der Waals surface area contributed by atoms with Crippen molar-refractivity contribution in [1.82, 2.24) is 15.1 Å². The molecule has 154 valence electrons. The Balaban J connectivity index is 1.39. The maximum atomic E-state index is 12.4. The molecule has 0 aromatic heterocycles. The van der Waals surface area contributed by atoms with E-state index in [0.29, 0.717) is 36.6 Å². The third-order valence-electron chi connectivity index (χ3n) is 5.04. The smallest absolute Gasteiger partial charge is 0.251 e. The molecule has 0 radical (unpaired) electrons. The summed E-state index contributed by atoms with van der Waals surface area (Å²) in [6, 6.07) is 14.7. The number of piperazine rings is 1. The first-order valence-corrected chi connectivity index (χ1v) is 10.1. The standard InChI is InChI=1S/C22H26ClN3O3/c1-29-20-5-3-2-4-18(20)16-25-12-14-26(15-13-25)21(27)10-11-24-22(28)17-6-8-19(23)9-7-17/h2-9H,10-16H2,1H3,(H,24,28). The van der Waals surface area contributed by atoms with E-state index in [2.05, 4.69) is 16.3 Å². The van der Waals surface area contributed by atoms with Crippen molar-refractivity contribution in [2.45, 2.75) is 13.0 Å². The monoisotopic (exact) mass is 415 g/mol. The Morgan fingerprint density at radius 1 is 1.03 bits per heavy atom. The van der Waals surface area contributed by atoms with Crippen molar-refractivity contribution < 1.29 is 14.3 Å². The molecule has 7 heteroatoms. The maximum Gasteiger partial charge on any atom is 0.251 e. The van der Waals surface area contributed by atoms with Gasteiger partial charge in [-0.3, -0.25) is 14.5 Å². The number of amides is 2. The summed E-state index contributed by atoms with van der Waals surface area (Å²) in [5.74, 6) is 0.761. The number of benzene rings is 2. The number of nitrogens with one attached hydrogen (secondary N) is 1. The van der Waals surface area contributed by atoms with E-state index >= 15 is 0 Å². The molecule has 2 amide bonds. The lowest BCUT2D eigenvalue weighted by Crippen LogP contribution is -2.48. The molecule has 1 N–H and O–H groups in total. The summed E-state index contributed by atoms with van der Waals surface area (Å²) >= 11 is 5.83. The molecule has 2 aromatic carbocycles. The van der Waals surface area contributed by atoms with Crippen LogP contribution in [0, 0.1) is 0 Å². The molecule has 29 heavy (non-hydrogen) atoms. The average molecular weight is 416 g/mol. The Morgan fingerprint density at radius 2 is 1.72 bits per heavy atom. The normalized spacial score (nSPS) is 14.5. The van der Waals surface area contributed by atoms with Gasteiger partial charge in [0, 0.05) is 61.8 Å². The van der Waals surface area contributed by atoms with Crippen LogP contribution in [-0.2, 0) is 11.3 Å². The van der Waals surface area contributed by atoms with Gasteiger partial charge in [-0.05, 0) is 30.3 Å². The highest BCUT2D eigenvalue weighted by Crippen LogP contribution is 2.20. The molecule has 0 aliphatic carbocycles. The van der Waals surface area contributed by atoms with Crippen LogP contribution in [-0.4, -0.2) is 61.4 Å². The third-order valence-corrected chi connectivity index (χ3v) is 5.29. The first kappa shape index (κ1) is 21.1. The fraction of sp³-hybridized carbons (Fsp3) is 0.364. The van der Waals surface area contributed by atoms with Gasteiger partial charge in [0.25, 0.3) is 5.91 Å². The molecule has 1 fully saturated rings. The molecule has 1 aliphatic heterocycles. The number of rotatable bonds is 7. The number of methoxy groups -OCH3 is 1. The lowest BCUT2D eigenvalue weighted by Gasteiger charge is -2.35. The average Bonchev–Trinajstić information content (AvgIpc) is 2.75. The Labute approximate surface area is 176 Å². The van der Waals surface area contributed by atoms with Crippen LogP contribution in [0.5, 0.6) is 5.75 Å². The summed E-state index contributed by atoms with van der Waals surface area (Å²) in [4.78, 5) is 28.7. The molecule has 0 saturated carbocycles. The Hall–Kier alpha value is -2.57. The molecule has 1 heterocycles. The summed E-state index contributed by atoms with van der Waals surface area (Å²) in [5, 5.41) is 3.37. The van der Waals surface area contributed by atoms with Crippen LogP contribution in [0.25, 0.3) is 0 Å². The second kappa shape index (κ2) is 10.3. The maximum absolute atomic E-state index is 12.4. The van der Waals surface area contributed by atoms with Crippen molar-refractivity contribution in [2.24, 2.45) is 0 Å². The van der Waals surface area contributed by atoms with Crippen LogP contribution in [0.15, 0.2) is 48.5 Å². The zero-order chi connectivity index (χ0) is 20.6. The topological polar surface area (TPSA) is 61.9 Å². The van der Waals surface area contributed by atoms with E-state index in [1.54, 1.807) is 31.4 Å². The molecule has 0 spiro atoms. The highest BCUT2D eigenvalue weighted by Gasteiger charge is 2.21. The van der Waals surface area contributed by atoms with Crippen LogP contribution >= 0.6 is 11.6 Å². The van der Waals surface area contributed by atoms with Gasteiger partial charge in [0.15, 0.2) is 0 Å². The van der Waals surface area contributed by atoms with Crippen LogP contribution < -0.4 is 10.1 Å². The SMILES string of the molecule is COc1ccccc1CN1CCN(C(=O)CCNC(=O)c2ccc(Cl)cc2)CC1. The number of para-hydroxylation sites is 1. The summed E-state index contributed by atoms with van der Waals surface area (Å²) in [5.41, 5.74) is 1.69. The highest BCUT2D eigenvalue weighted by atomic mass is 35.5. The molecular formula is C22H26ClN3O3. The van der Waals surface area contributed by atoms with Gasteiger partial charge in [-0.25, -0.2) is 0 Å². The molecule has 0 bridgehead atoms. The lowest BCUT2D eigenvalue weighted by molar-refractivity contribution is -0.132. The fourth-order valence-electron chi connectivity index (χ4n) is 3.37. The molecule has 1 aliphatic rings. The van der Waals surface area contributed by atoms with Gasteiger partial charge in [-0.1, -0.05) is 29.8 Å². The van der Waals surface area contributed by atoms with Gasteiger partial charge in [0.2, 0.25) is 5.91 Å². The molecular weight excluding hydrogens is 390 g/mol. The van der Waals surface area contributed by atoms with E-state index in [4.69, 9.17) is 16.3 Å². The quantitative estimate of drug-likeness (QED) is 0.755. The summed E-state index contributed by atoms with van der Waals surface area (Å²) in [7, 11) is 1.68. The van der Waals surface area contributed by atoms with Crippen LogP contribution in [0.4, 0.5) is 0 Å². The van der Waals surface area contributed by atoms with Crippen molar-refractivity contribution in [3.05, 3.63) is 64.7 Å². The van der Waals surface area contributed by atoms with E-state index in [-0.39, 0.29) is 11.8 Å². The van der Waals surface area contributed by atoms with Crippen LogP contribution in [0.3, 0.4) is 0 Å². The zero-order valence-electron chi connectivity index (χ0n) is 16.6. The minimum absolute atomic E-state index is 0.0679. The summed E-state index contributed by atoms with van der Waals surface area (Å²) in [6.07, 6.45) is 0.297. The Bertz CT molecular complexity index is 833. The molecule has 3 rings (SSSR count). The lowest BCUT2D eigenvalue weighted by atomic mass is 10.1. The second-order valence-electron chi connectivity index (χ2n) is 6.98. The first-order chi connectivity index (χ1) is 14.1. The van der Waals surface area contributed by atoms with Gasteiger partial charge >= 0.3 is 0 Å². The number of carbonyl (C=O) groups excluding carboxylic acids is 2. The molecule has 2 aromatic rings. The number of carbonyl (C=O) groups is 2. The van der Waals surface area contributed by atoms with Crippen molar-refractivity contribution in [3.63, 3.8) is 0 Å². The molecule has 0 unspecified atom stereocenters. The van der Waals surface area contributed by atoms with Crippen molar-refractivity contribution in [3.8, 4) is 5.75 Å². The molecule has 6 nitrogen and oxygen atoms in total. The van der Waals surface area contributed by atoms with Gasteiger partial charge < -0.3 is 15.0 Å². The van der Waals surface area contributed by atoms with Gasteiger partial charge in [-0.15, -0.1) is 0 Å². The fourth-order valence-corrected chi connectivity index (χ4v) is 3.50. The summed E-state index contributed by atoms with van der Waals surface area (Å²) < 4.78 is 5.42. The Kier molecular flexibility index (Phi) is 7.49. The van der Waals surface area contributed by atoms with Gasteiger partial charge in [-0.2, -0.15) is 0 Å².